The van der Waals surface area contributed by atoms with E-state index in [-0.39, 0.29) is 17.3 Å². The van der Waals surface area contributed by atoms with Gasteiger partial charge < -0.3 is 4.52 Å². The van der Waals surface area contributed by atoms with Crippen LogP contribution >= 0.6 is 0 Å². The average molecular weight is 169 g/mol. The molecule has 0 unspecified atom stereocenters. The van der Waals surface area contributed by atoms with Crippen LogP contribution in [0.5, 0.6) is 0 Å². The highest BCUT2D eigenvalue weighted by Crippen LogP contribution is 2.06. The Morgan fingerprint density at radius 1 is 1.50 bits per heavy atom. The van der Waals surface area contributed by atoms with Gasteiger partial charge in [0, 0.05) is 5.92 Å². The van der Waals surface area contributed by atoms with Gasteiger partial charge in [0.25, 0.3) is 0 Å². The van der Waals surface area contributed by atoms with Crippen LogP contribution in [0.3, 0.4) is 0 Å². The normalized spacial score (nSPS) is 10.7. The number of rotatable bonds is 2. The Kier molecular flexibility index (Phi) is 2.17. The van der Waals surface area contributed by atoms with Crippen molar-refractivity contribution in [3.05, 3.63) is 21.7 Å². The van der Waals surface area contributed by atoms with E-state index in [0.29, 0.717) is 5.69 Å². The van der Waals surface area contributed by atoms with Crippen molar-refractivity contribution in [2.24, 2.45) is 5.92 Å². The molecule has 1 heterocycles. The highest BCUT2D eigenvalue weighted by Gasteiger charge is 2.19. The molecule has 4 heteroatoms. The third-order valence-electron chi connectivity index (χ3n) is 1.65. The summed E-state index contributed by atoms with van der Waals surface area (Å²) in [6.07, 6.45) is 0. The van der Waals surface area contributed by atoms with E-state index in [1.54, 1.807) is 20.8 Å². The van der Waals surface area contributed by atoms with Crippen LogP contribution in [-0.2, 0) is 0 Å². The van der Waals surface area contributed by atoms with Crippen LogP contribution in [0, 0.1) is 12.8 Å². The molecule has 0 bridgehead atoms. The number of aryl methyl sites for hydroxylation is 1. The molecular weight excluding hydrogens is 158 g/mol. The fraction of sp³-hybridized carbons (Fsp3) is 0.500. The minimum absolute atomic E-state index is 0.144. The first-order valence-corrected chi connectivity index (χ1v) is 3.76. The molecule has 0 aliphatic carbocycles. The quantitative estimate of drug-likeness (QED) is 0.674. The Balaban J connectivity index is 3.18. The van der Waals surface area contributed by atoms with E-state index < -0.39 is 5.63 Å². The fourth-order valence-corrected chi connectivity index (χ4v) is 0.952. The van der Waals surface area contributed by atoms with E-state index in [4.69, 9.17) is 0 Å². The minimum Gasteiger partial charge on any atom is -0.338 e. The van der Waals surface area contributed by atoms with Crippen LogP contribution in [-0.4, -0.2) is 10.9 Å². The van der Waals surface area contributed by atoms with Gasteiger partial charge in [-0.3, -0.25) is 4.79 Å². The maximum Gasteiger partial charge on any atom is 0.368 e. The van der Waals surface area contributed by atoms with Gasteiger partial charge in [-0.1, -0.05) is 13.8 Å². The van der Waals surface area contributed by atoms with Crippen LogP contribution in [0.1, 0.15) is 29.9 Å². The number of Topliss-reactive ketones (excluding diaryl/α,β-unsaturated/α-hetero) is 1. The lowest BCUT2D eigenvalue weighted by Crippen LogP contribution is -2.16. The van der Waals surface area contributed by atoms with Crippen molar-refractivity contribution in [1.29, 1.82) is 0 Å². The molecule has 1 N–H and O–H groups in total. The molecular formula is C8H11NO3. The summed E-state index contributed by atoms with van der Waals surface area (Å²) in [5.41, 5.74) is 0.0647. The summed E-state index contributed by atoms with van der Waals surface area (Å²) in [5.74, 6) is -0.357. The zero-order chi connectivity index (χ0) is 9.30. The van der Waals surface area contributed by atoms with E-state index >= 15 is 0 Å². The number of carbonyl (C=O) groups excluding carboxylic acids is 1. The largest absolute Gasteiger partial charge is 0.368 e. The second-order valence-corrected chi connectivity index (χ2v) is 3.01. The second-order valence-electron chi connectivity index (χ2n) is 3.01. The number of ketones is 1. The molecule has 1 rings (SSSR count). The Bertz CT molecular complexity index is 345. The summed E-state index contributed by atoms with van der Waals surface area (Å²) < 4.78 is 4.47. The monoisotopic (exact) mass is 169 g/mol. The average Bonchev–Trinajstić information content (AvgIpc) is 2.30. The lowest BCUT2D eigenvalue weighted by molar-refractivity contribution is 0.0936. The predicted molar refractivity (Wildman–Crippen MR) is 43.2 cm³/mol. The highest BCUT2D eigenvalue weighted by molar-refractivity contribution is 5.97. The highest BCUT2D eigenvalue weighted by atomic mass is 16.5. The topological polar surface area (TPSA) is 63.1 Å². The summed E-state index contributed by atoms with van der Waals surface area (Å²) in [6, 6.07) is 0. The van der Waals surface area contributed by atoms with Gasteiger partial charge in [-0.25, -0.2) is 9.95 Å². The zero-order valence-electron chi connectivity index (χ0n) is 7.30. The van der Waals surface area contributed by atoms with Crippen LogP contribution in [0.25, 0.3) is 0 Å². The number of aromatic amines is 1. The first-order valence-electron chi connectivity index (χ1n) is 3.76. The molecule has 0 saturated heterocycles. The molecule has 0 amide bonds. The van der Waals surface area contributed by atoms with Crippen molar-refractivity contribution in [2.45, 2.75) is 20.8 Å². The number of hydrogen-bond acceptors (Lipinski definition) is 3. The van der Waals surface area contributed by atoms with E-state index in [9.17, 15) is 9.59 Å². The standard InChI is InChI=1S/C8H11NO3/c1-4(2)7(10)6-5(3)9-12-8(6)11/h4,9H,1-3H3. The van der Waals surface area contributed by atoms with E-state index in [2.05, 4.69) is 9.68 Å². The van der Waals surface area contributed by atoms with Crippen LogP contribution in [0.4, 0.5) is 0 Å². The Hall–Kier alpha value is -1.32. The maximum absolute atomic E-state index is 11.4. The van der Waals surface area contributed by atoms with Crippen molar-refractivity contribution in [3.63, 3.8) is 0 Å². The van der Waals surface area contributed by atoms with Crippen molar-refractivity contribution in [3.8, 4) is 0 Å². The number of carbonyl (C=O) groups is 1. The lowest BCUT2D eigenvalue weighted by atomic mass is 10.0. The van der Waals surface area contributed by atoms with Crippen LogP contribution in [0.2, 0.25) is 0 Å². The number of hydrogen-bond donors (Lipinski definition) is 1. The molecule has 0 fully saturated rings. The van der Waals surface area contributed by atoms with Gasteiger partial charge >= 0.3 is 5.63 Å². The van der Waals surface area contributed by atoms with Crippen molar-refractivity contribution < 1.29 is 9.32 Å². The molecule has 4 nitrogen and oxygen atoms in total. The molecule has 0 radical (unpaired) electrons. The molecule has 0 aliphatic rings. The molecule has 0 aromatic carbocycles. The Morgan fingerprint density at radius 2 is 2.08 bits per heavy atom. The van der Waals surface area contributed by atoms with Crippen molar-refractivity contribution in [2.75, 3.05) is 0 Å². The summed E-state index contributed by atoms with van der Waals surface area (Å²) >= 11 is 0. The van der Waals surface area contributed by atoms with Crippen molar-refractivity contribution in [1.82, 2.24) is 5.16 Å². The van der Waals surface area contributed by atoms with Gasteiger partial charge in [-0.15, -0.1) is 0 Å². The minimum atomic E-state index is -0.578. The first kappa shape index (κ1) is 8.77. The molecule has 12 heavy (non-hydrogen) atoms. The summed E-state index contributed by atoms with van der Waals surface area (Å²) in [6.45, 7) is 5.13. The van der Waals surface area contributed by atoms with Gasteiger partial charge in [0.2, 0.25) is 0 Å². The molecule has 0 aliphatic heterocycles. The third-order valence-corrected chi connectivity index (χ3v) is 1.65. The summed E-state index contributed by atoms with van der Waals surface area (Å²) in [4.78, 5) is 22.3. The second kappa shape index (κ2) is 2.97. The van der Waals surface area contributed by atoms with Gasteiger partial charge in [-0.2, -0.15) is 0 Å². The SMILES string of the molecule is Cc1[nH]oc(=O)c1C(=O)C(C)C. The van der Waals surface area contributed by atoms with Gasteiger partial charge in [0.15, 0.2) is 5.78 Å². The molecule has 0 saturated carbocycles. The van der Waals surface area contributed by atoms with E-state index in [1.165, 1.54) is 0 Å². The fourth-order valence-electron chi connectivity index (χ4n) is 0.952. The molecule has 0 atom stereocenters. The van der Waals surface area contributed by atoms with Crippen molar-refractivity contribution >= 4 is 5.78 Å². The number of nitrogens with one attached hydrogen (secondary N) is 1. The van der Waals surface area contributed by atoms with E-state index in [1.807, 2.05) is 0 Å². The van der Waals surface area contributed by atoms with Gasteiger partial charge in [-0.05, 0) is 6.92 Å². The number of aromatic nitrogens is 1. The zero-order valence-corrected chi connectivity index (χ0v) is 7.30. The summed E-state index contributed by atoms with van der Waals surface area (Å²) in [7, 11) is 0. The van der Waals surface area contributed by atoms with Crippen LogP contribution in [0.15, 0.2) is 9.32 Å². The third kappa shape index (κ3) is 1.32. The predicted octanol–water partition coefficient (Wildman–Crippen LogP) is 1.12. The molecule has 0 spiro atoms. The van der Waals surface area contributed by atoms with Gasteiger partial charge in [0.05, 0.1) is 5.69 Å². The Morgan fingerprint density at radius 3 is 2.42 bits per heavy atom. The number of H-pyrrole nitrogens is 1. The summed E-state index contributed by atoms with van der Waals surface area (Å²) in [5, 5.41) is 2.36. The first-order chi connectivity index (χ1) is 5.54. The van der Waals surface area contributed by atoms with Gasteiger partial charge in [0.1, 0.15) is 5.56 Å². The Labute approximate surface area is 69.5 Å². The molecule has 1 aromatic heterocycles. The van der Waals surface area contributed by atoms with E-state index in [0.717, 1.165) is 0 Å². The molecule has 1 aromatic rings. The smallest absolute Gasteiger partial charge is 0.338 e. The lowest BCUT2D eigenvalue weighted by Gasteiger charge is -1.98. The maximum atomic E-state index is 11.4. The van der Waals surface area contributed by atoms with Crippen LogP contribution < -0.4 is 5.63 Å². The molecule has 66 valence electrons.